The Kier molecular flexibility index (Phi) is 15.3. The summed E-state index contributed by atoms with van der Waals surface area (Å²) in [4.78, 5) is 0. The zero-order valence-electron chi connectivity index (χ0n) is 6.74. The molecule has 1 nitrogen and oxygen atoms in total. The first kappa shape index (κ1) is 12.8. The molecule has 0 aromatic carbocycles. The van der Waals surface area contributed by atoms with Crippen LogP contribution in [0.25, 0.3) is 0 Å². The highest BCUT2D eigenvalue weighted by molar-refractivity contribution is 5.75. The molecule has 0 amide bonds. The lowest BCUT2D eigenvalue weighted by atomic mass is 10.3. The molecule has 0 aliphatic rings. The van der Waals surface area contributed by atoms with Crippen molar-refractivity contribution in [3.8, 4) is 0 Å². The van der Waals surface area contributed by atoms with Crippen LogP contribution in [0.2, 0.25) is 0 Å². The molecule has 0 fully saturated rings. The average molecular weight is 161 g/mol. The minimum absolute atomic E-state index is 0. The molecule has 64 valence electrons. The summed E-state index contributed by atoms with van der Waals surface area (Å²) in [6.45, 7) is 6.86. The van der Waals surface area contributed by atoms with Crippen molar-refractivity contribution in [3.63, 3.8) is 0 Å². The Labute approximate surface area is 69.6 Å². The van der Waals surface area contributed by atoms with Crippen molar-refractivity contribution in [1.82, 2.24) is 5.32 Å². The highest BCUT2D eigenvalue weighted by atomic mass is 28.1. The second-order valence-electron chi connectivity index (χ2n) is 2.46. The Morgan fingerprint density at radius 3 is 1.60 bits per heavy atom. The average Bonchev–Trinajstić information content (AvgIpc) is 1.89. The van der Waals surface area contributed by atoms with E-state index in [-0.39, 0.29) is 11.0 Å². The van der Waals surface area contributed by atoms with Crippen LogP contribution in [0.5, 0.6) is 0 Å². The predicted octanol–water partition coefficient (Wildman–Crippen LogP) is 0.725. The molecule has 1 N–H and O–H groups in total. The van der Waals surface area contributed by atoms with Crippen molar-refractivity contribution in [1.29, 1.82) is 0 Å². The monoisotopic (exact) mass is 161 g/mol. The summed E-state index contributed by atoms with van der Waals surface area (Å²) in [6, 6.07) is 0. The van der Waals surface area contributed by atoms with Gasteiger partial charge in [-0.05, 0) is 36.9 Å². The van der Waals surface area contributed by atoms with Gasteiger partial charge in [0, 0.05) is 0 Å². The standard InChI is InChI=1S/C8H19N.H4Si/c1-3-5-7-9-8-6-4-2;/h9H,3-8H2,1-2H3;1H4. The van der Waals surface area contributed by atoms with E-state index in [4.69, 9.17) is 0 Å². The Bertz CT molecular complexity index is 42.5. The number of rotatable bonds is 6. The lowest BCUT2D eigenvalue weighted by molar-refractivity contribution is 0.611. The summed E-state index contributed by atoms with van der Waals surface area (Å²) >= 11 is 0. The summed E-state index contributed by atoms with van der Waals surface area (Å²) in [7, 11) is 0. The van der Waals surface area contributed by atoms with Crippen LogP contribution in [0, 0.1) is 0 Å². The van der Waals surface area contributed by atoms with Crippen LogP contribution in [-0.2, 0) is 0 Å². The molecule has 0 radical (unpaired) electrons. The molecule has 0 saturated heterocycles. The van der Waals surface area contributed by atoms with E-state index in [1.54, 1.807) is 0 Å². The number of unbranched alkanes of at least 4 members (excludes halogenated alkanes) is 2. The first-order valence-corrected chi connectivity index (χ1v) is 4.12. The van der Waals surface area contributed by atoms with Crippen molar-refractivity contribution < 1.29 is 0 Å². The van der Waals surface area contributed by atoms with Gasteiger partial charge in [0.05, 0.1) is 0 Å². The van der Waals surface area contributed by atoms with Crippen LogP contribution in [0.3, 0.4) is 0 Å². The first-order valence-electron chi connectivity index (χ1n) is 4.12. The minimum atomic E-state index is 0. The van der Waals surface area contributed by atoms with E-state index >= 15 is 0 Å². The van der Waals surface area contributed by atoms with Gasteiger partial charge in [0.2, 0.25) is 0 Å². The van der Waals surface area contributed by atoms with Gasteiger partial charge in [-0.3, -0.25) is 0 Å². The Hall–Kier alpha value is 0.177. The van der Waals surface area contributed by atoms with E-state index in [0.29, 0.717) is 0 Å². The van der Waals surface area contributed by atoms with Crippen molar-refractivity contribution in [2.45, 2.75) is 39.5 Å². The van der Waals surface area contributed by atoms with Gasteiger partial charge in [0.1, 0.15) is 0 Å². The van der Waals surface area contributed by atoms with Crippen molar-refractivity contribution in [3.05, 3.63) is 0 Å². The maximum absolute atomic E-state index is 3.39. The maximum atomic E-state index is 3.39. The van der Waals surface area contributed by atoms with Crippen molar-refractivity contribution in [2.24, 2.45) is 0 Å². The molecule has 0 rings (SSSR count). The highest BCUT2D eigenvalue weighted by Crippen LogP contribution is 1.85. The summed E-state index contributed by atoms with van der Waals surface area (Å²) in [6.07, 6.45) is 5.26. The van der Waals surface area contributed by atoms with Crippen molar-refractivity contribution >= 4 is 11.0 Å². The molecule has 0 heterocycles. The smallest absolute Gasteiger partial charge is 0.00490 e. The molecule has 10 heavy (non-hydrogen) atoms. The van der Waals surface area contributed by atoms with Crippen LogP contribution in [-0.4, -0.2) is 24.1 Å². The van der Waals surface area contributed by atoms with E-state index in [0.717, 1.165) is 0 Å². The molecule has 2 heteroatoms. The third-order valence-electron chi connectivity index (χ3n) is 1.41. The fraction of sp³-hybridized carbons (Fsp3) is 1.00. The third kappa shape index (κ3) is 11.0. The zero-order valence-corrected chi connectivity index (χ0v) is 6.74. The molecule has 0 aromatic heterocycles. The third-order valence-corrected chi connectivity index (χ3v) is 1.41. The SMILES string of the molecule is CCCCNCCCC.[SiH4]. The molecular weight excluding hydrogens is 138 g/mol. The van der Waals surface area contributed by atoms with Gasteiger partial charge in [-0.25, -0.2) is 0 Å². The van der Waals surface area contributed by atoms with Crippen LogP contribution in [0.4, 0.5) is 0 Å². The van der Waals surface area contributed by atoms with Crippen LogP contribution in [0.15, 0.2) is 0 Å². The van der Waals surface area contributed by atoms with E-state index in [2.05, 4.69) is 19.2 Å². The van der Waals surface area contributed by atoms with Gasteiger partial charge in [0.25, 0.3) is 0 Å². The van der Waals surface area contributed by atoms with E-state index < -0.39 is 0 Å². The van der Waals surface area contributed by atoms with E-state index in [1.807, 2.05) is 0 Å². The quantitative estimate of drug-likeness (QED) is 0.447. The van der Waals surface area contributed by atoms with Crippen LogP contribution in [0.1, 0.15) is 39.5 Å². The van der Waals surface area contributed by atoms with Gasteiger partial charge in [-0.2, -0.15) is 0 Å². The molecule has 0 aliphatic heterocycles. The van der Waals surface area contributed by atoms with Crippen molar-refractivity contribution in [2.75, 3.05) is 13.1 Å². The predicted molar refractivity (Wildman–Crippen MR) is 54.0 cm³/mol. The molecular formula is C8H23NSi. The fourth-order valence-electron chi connectivity index (χ4n) is 0.729. The van der Waals surface area contributed by atoms with Crippen LogP contribution < -0.4 is 5.32 Å². The lowest BCUT2D eigenvalue weighted by Gasteiger charge is -1.99. The largest absolute Gasteiger partial charge is 0.317 e. The molecule has 0 spiro atoms. The van der Waals surface area contributed by atoms with Gasteiger partial charge < -0.3 is 5.32 Å². The van der Waals surface area contributed by atoms with Gasteiger partial charge in [-0.1, -0.05) is 26.7 Å². The number of hydrogen-bond donors (Lipinski definition) is 1. The number of hydrogen-bond acceptors (Lipinski definition) is 1. The molecule has 0 atom stereocenters. The van der Waals surface area contributed by atoms with Gasteiger partial charge in [0.15, 0.2) is 0 Å². The normalized spacial score (nSPS) is 9.00. The summed E-state index contributed by atoms with van der Waals surface area (Å²) in [5.41, 5.74) is 0. The summed E-state index contributed by atoms with van der Waals surface area (Å²) in [5.74, 6) is 0. The fourth-order valence-corrected chi connectivity index (χ4v) is 0.729. The van der Waals surface area contributed by atoms with Gasteiger partial charge >= 0.3 is 0 Å². The van der Waals surface area contributed by atoms with Gasteiger partial charge in [-0.15, -0.1) is 0 Å². The van der Waals surface area contributed by atoms with Crippen LogP contribution >= 0.6 is 0 Å². The Balaban J connectivity index is 0. The topological polar surface area (TPSA) is 12.0 Å². The minimum Gasteiger partial charge on any atom is -0.317 e. The molecule has 0 unspecified atom stereocenters. The second-order valence-corrected chi connectivity index (χ2v) is 2.46. The Morgan fingerprint density at radius 2 is 1.30 bits per heavy atom. The summed E-state index contributed by atoms with van der Waals surface area (Å²) < 4.78 is 0. The first-order chi connectivity index (χ1) is 4.41. The second kappa shape index (κ2) is 11.9. The summed E-state index contributed by atoms with van der Waals surface area (Å²) in [5, 5.41) is 3.39. The zero-order chi connectivity index (χ0) is 6.95. The Morgan fingerprint density at radius 1 is 0.900 bits per heavy atom. The maximum Gasteiger partial charge on any atom is -0.00490 e. The van der Waals surface area contributed by atoms with E-state index in [1.165, 1.54) is 38.8 Å². The number of nitrogens with one attached hydrogen (secondary N) is 1. The molecule has 0 aromatic rings. The molecule has 0 saturated carbocycles. The lowest BCUT2D eigenvalue weighted by Crippen LogP contribution is -2.15. The molecule has 0 bridgehead atoms. The molecule has 0 aliphatic carbocycles. The highest BCUT2D eigenvalue weighted by Gasteiger charge is 1.83. The van der Waals surface area contributed by atoms with E-state index in [9.17, 15) is 0 Å².